The van der Waals surface area contributed by atoms with Gasteiger partial charge in [0.25, 0.3) is 0 Å². The maximum atomic E-state index is 10.0. The number of carboxylic acids is 1. The van der Waals surface area contributed by atoms with Gasteiger partial charge in [-0.05, 0) is 0 Å². The van der Waals surface area contributed by atoms with Crippen molar-refractivity contribution in [2.45, 2.75) is 0 Å². The predicted octanol–water partition coefficient (Wildman–Crippen LogP) is -3.93. The van der Waals surface area contributed by atoms with Crippen molar-refractivity contribution >= 4 is 5.97 Å². The molecule has 0 rings (SSSR count). The molecular weight excluding hydrogens is 171 g/mol. The largest absolute Gasteiger partial charge is 1.00 e. The smallest absolute Gasteiger partial charge is 0.544 e. The number of nitriles is 2. The van der Waals surface area contributed by atoms with Gasteiger partial charge in [0.15, 0.2) is 5.70 Å². The summed E-state index contributed by atoms with van der Waals surface area (Å²) in [6.45, 7) is 0. The zero-order chi connectivity index (χ0) is 8.85. The number of carbonyl (C=O) groups excluding carboxylic acids is 1. The molecule has 12 heavy (non-hydrogen) atoms. The van der Waals surface area contributed by atoms with Gasteiger partial charge >= 0.3 is 29.6 Å². The summed E-state index contributed by atoms with van der Waals surface area (Å²) in [5.74, 6) is -1.81. The van der Waals surface area contributed by atoms with Crippen LogP contribution < -0.4 is 34.7 Å². The summed E-state index contributed by atoms with van der Waals surface area (Å²) in [4.78, 5) is 10.0. The summed E-state index contributed by atoms with van der Waals surface area (Å²) in [5.41, 5.74) is 4.60. The summed E-state index contributed by atoms with van der Waals surface area (Å²) in [7, 11) is 0. The standard InChI is InChI=1S/C5H2N4O2.Na/c6-1-3(5(10)11)4(2-7)9-8;/h8H,(H,10,11);/q;+1/p-1. The zero-order valence-corrected chi connectivity index (χ0v) is 8.16. The Bertz CT molecular complexity index is 308. The summed E-state index contributed by atoms with van der Waals surface area (Å²) >= 11 is 0. The average molecular weight is 172 g/mol. The minimum absolute atomic E-state index is 0. The van der Waals surface area contributed by atoms with Gasteiger partial charge in [0.05, 0.1) is 5.97 Å². The number of rotatable bonds is 2. The Labute approximate surface area is 89.9 Å². The SMILES string of the molecule is N#CC(N=N)=C(C#N)C(=O)[O-].[Na+]. The summed E-state index contributed by atoms with van der Waals surface area (Å²) in [6, 6.07) is 2.45. The molecule has 0 atom stereocenters. The van der Waals surface area contributed by atoms with E-state index in [1.165, 1.54) is 12.1 Å². The normalized spacial score (nSPS) is 9.50. The summed E-state index contributed by atoms with van der Waals surface area (Å²) in [5, 5.41) is 28.7. The van der Waals surface area contributed by atoms with Crippen LogP contribution in [-0.4, -0.2) is 5.97 Å². The molecule has 0 aliphatic heterocycles. The van der Waals surface area contributed by atoms with E-state index in [0.717, 1.165) is 0 Å². The van der Waals surface area contributed by atoms with Crippen molar-refractivity contribution in [3.8, 4) is 12.1 Å². The van der Waals surface area contributed by atoms with Crippen LogP contribution >= 0.6 is 0 Å². The number of carbonyl (C=O) groups is 1. The molecule has 54 valence electrons. The molecular formula is C5HN4NaO2. The Hall–Kier alpha value is -1.21. The second kappa shape index (κ2) is 6.50. The quantitative estimate of drug-likeness (QED) is 0.197. The van der Waals surface area contributed by atoms with Crippen LogP contribution in [0.25, 0.3) is 0 Å². The molecule has 0 aromatic heterocycles. The topological polar surface area (TPSA) is 124 Å². The average Bonchev–Trinajstić information content (AvgIpc) is 1.99. The van der Waals surface area contributed by atoms with Crippen LogP contribution in [0.5, 0.6) is 0 Å². The number of carboxylic acid groups (broad SMARTS) is 1. The molecule has 0 amide bonds. The van der Waals surface area contributed by atoms with Crippen LogP contribution in [0.15, 0.2) is 16.4 Å². The molecule has 1 N–H and O–H groups in total. The van der Waals surface area contributed by atoms with E-state index in [0.29, 0.717) is 0 Å². The molecule has 0 aliphatic rings. The fourth-order valence-corrected chi connectivity index (χ4v) is 0.332. The fourth-order valence-electron chi connectivity index (χ4n) is 0.332. The number of nitrogens with zero attached hydrogens (tertiary/aromatic N) is 3. The van der Waals surface area contributed by atoms with E-state index < -0.39 is 17.2 Å². The summed E-state index contributed by atoms with van der Waals surface area (Å²) in [6.07, 6.45) is 0. The first-order chi connectivity index (χ1) is 5.17. The summed E-state index contributed by atoms with van der Waals surface area (Å²) < 4.78 is 0. The van der Waals surface area contributed by atoms with Crippen LogP contribution in [0.3, 0.4) is 0 Å². The Kier molecular flexibility index (Phi) is 7.25. The van der Waals surface area contributed by atoms with Gasteiger partial charge in [0.2, 0.25) is 0 Å². The van der Waals surface area contributed by atoms with Crippen molar-refractivity contribution < 1.29 is 39.5 Å². The first-order valence-corrected chi connectivity index (χ1v) is 2.30. The van der Waals surface area contributed by atoms with Gasteiger partial charge in [0, 0.05) is 0 Å². The Balaban J connectivity index is 0. The van der Waals surface area contributed by atoms with Crippen molar-refractivity contribution in [1.82, 2.24) is 0 Å². The van der Waals surface area contributed by atoms with E-state index in [4.69, 9.17) is 16.1 Å². The molecule has 0 saturated carbocycles. The van der Waals surface area contributed by atoms with E-state index in [1.54, 1.807) is 0 Å². The molecule has 7 heteroatoms. The molecule has 0 fully saturated rings. The Morgan fingerprint density at radius 2 is 1.92 bits per heavy atom. The second-order valence-electron chi connectivity index (χ2n) is 1.35. The third-order valence-corrected chi connectivity index (χ3v) is 0.770. The third kappa shape index (κ3) is 3.26. The van der Waals surface area contributed by atoms with E-state index in [-0.39, 0.29) is 29.6 Å². The molecule has 0 unspecified atom stereocenters. The van der Waals surface area contributed by atoms with E-state index in [1.807, 2.05) is 0 Å². The number of hydrogen-bond acceptors (Lipinski definition) is 6. The molecule has 0 aromatic carbocycles. The first kappa shape index (κ1) is 13.4. The molecule has 0 radical (unpaired) electrons. The van der Waals surface area contributed by atoms with Crippen molar-refractivity contribution in [3.05, 3.63) is 11.3 Å². The van der Waals surface area contributed by atoms with Gasteiger partial charge in [-0.25, -0.2) is 5.53 Å². The van der Waals surface area contributed by atoms with Crippen LogP contribution in [-0.2, 0) is 4.79 Å². The number of hydrogen-bond donors (Lipinski definition) is 1. The zero-order valence-electron chi connectivity index (χ0n) is 6.16. The van der Waals surface area contributed by atoms with Gasteiger partial charge in [-0.3, -0.25) is 0 Å². The molecule has 0 aromatic rings. The van der Waals surface area contributed by atoms with Crippen molar-refractivity contribution in [1.29, 1.82) is 16.1 Å². The van der Waals surface area contributed by atoms with Crippen molar-refractivity contribution in [2.75, 3.05) is 0 Å². The van der Waals surface area contributed by atoms with Crippen LogP contribution in [0.1, 0.15) is 0 Å². The van der Waals surface area contributed by atoms with E-state index >= 15 is 0 Å². The van der Waals surface area contributed by atoms with Crippen molar-refractivity contribution in [3.63, 3.8) is 0 Å². The van der Waals surface area contributed by atoms with Gasteiger partial charge in [-0.2, -0.15) is 10.5 Å². The molecule has 0 spiro atoms. The minimum atomic E-state index is -1.81. The van der Waals surface area contributed by atoms with Crippen LogP contribution in [0, 0.1) is 28.2 Å². The molecule has 0 heterocycles. The number of aliphatic carboxylic acids is 1. The fraction of sp³-hybridized carbons (Fsp3) is 0. The maximum absolute atomic E-state index is 10.0. The van der Waals surface area contributed by atoms with Crippen molar-refractivity contribution in [2.24, 2.45) is 5.11 Å². The number of allylic oxidation sites excluding steroid dienone is 1. The minimum Gasteiger partial charge on any atom is -0.544 e. The second-order valence-corrected chi connectivity index (χ2v) is 1.35. The van der Waals surface area contributed by atoms with Crippen LogP contribution in [0.4, 0.5) is 0 Å². The van der Waals surface area contributed by atoms with E-state index in [9.17, 15) is 9.90 Å². The molecule has 0 saturated heterocycles. The Morgan fingerprint density at radius 1 is 1.42 bits per heavy atom. The molecule has 6 nitrogen and oxygen atoms in total. The molecule has 0 bridgehead atoms. The van der Waals surface area contributed by atoms with E-state index in [2.05, 4.69) is 5.11 Å². The third-order valence-electron chi connectivity index (χ3n) is 0.770. The van der Waals surface area contributed by atoms with Gasteiger partial charge in [-0.1, -0.05) is 0 Å². The first-order valence-electron chi connectivity index (χ1n) is 2.30. The van der Waals surface area contributed by atoms with Gasteiger partial charge < -0.3 is 9.90 Å². The Morgan fingerprint density at radius 3 is 2.00 bits per heavy atom. The van der Waals surface area contributed by atoms with Gasteiger partial charge in [-0.15, -0.1) is 5.11 Å². The molecule has 0 aliphatic carbocycles. The maximum Gasteiger partial charge on any atom is 1.00 e. The van der Waals surface area contributed by atoms with Gasteiger partial charge in [0.1, 0.15) is 17.7 Å². The van der Waals surface area contributed by atoms with Crippen LogP contribution in [0.2, 0.25) is 0 Å². The monoisotopic (exact) mass is 172 g/mol. The number of nitrogens with one attached hydrogen (secondary N) is 1. The predicted molar refractivity (Wildman–Crippen MR) is 28.4 cm³/mol.